The van der Waals surface area contributed by atoms with Crippen molar-refractivity contribution in [1.29, 1.82) is 0 Å². The predicted octanol–water partition coefficient (Wildman–Crippen LogP) is 1.73. The molecule has 56 valence electrons. The molecule has 1 heteroatoms. The van der Waals surface area contributed by atoms with Crippen LogP contribution in [0.3, 0.4) is 0 Å². The lowest BCUT2D eigenvalue weighted by Gasteiger charge is -2.18. The van der Waals surface area contributed by atoms with Crippen LogP contribution in [0.25, 0.3) is 0 Å². The summed E-state index contributed by atoms with van der Waals surface area (Å²) in [5.74, 6) is 0.791. The zero-order valence-electron chi connectivity index (χ0n) is 6.34. The van der Waals surface area contributed by atoms with Crippen LogP contribution in [0, 0.1) is 5.92 Å². The van der Waals surface area contributed by atoms with Crippen LogP contribution in [0.5, 0.6) is 0 Å². The molecule has 1 rings (SSSR count). The van der Waals surface area contributed by atoms with Gasteiger partial charge in [-0.05, 0) is 31.8 Å². The molecule has 1 saturated heterocycles. The molecule has 1 nitrogen and oxygen atoms in total. The molecule has 0 bridgehead atoms. The molecule has 0 radical (unpaired) electrons. The van der Waals surface area contributed by atoms with Crippen LogP contribution in [0.1, 0.15) is 12.8 Å². The molecule has 0 atom stereocenters. The molecule has 0 aromatic rings. The molecule has 1 heterocycles. The summed E-state index contributed by atoms with van der Waals surface area (Å²) in [4.78, 5) is 0. The van der Waals surface area contributed by atoms with E-state index in [1.54, 1.807) is 0 Å². The van der Waals surface area contributed by atoms with E-state index in [1.165, 1.54) is 25.9 Å². The molecule has 1 aliphatic rings. The van der Waals surface area contributed by atoms with Crippen molar-refractivity contribution in [1.82, 2.24) is 5.32 Å². The van der Waals surface area contributed by atoms with Gasteiger partial charge in [0.25, 0.3) is 0 Å². The first-order valence-corrected chi connectivity index (χ1v) is 3.93. The fraction of sp³-hybridized carbons (Fsp3) is 0.556. The monoisotopic (exact) mass is 137 g/mol. The number of allylic oxidation sites excluding steroid dienone is 3. The summed E-state index contributed by atoms with van der Waals surface area (Å²) in [5, 5.41) is 3.33. The molecule has 0 aliphatic carbocycles. The third kappa shape index (κ3) is 2.36. The molecule has 1 aliphatic heterocycles. The Labute approximate surface area is 62.8 Å². The molecule has 1 fully saturated rings. The topological polar surface area (TPSA) is 12.0 Å². The summed E-state index contributed by atoms with van der Waals surface area (Å²) in [5.41, 5.74) is 0. The molecule has 0 unspecified atom stereocenters. The van der Waals surface area contributed by atoms with Crippen LogP contribution >= 0.6 is 0 Å². The minimum atomic E-state index is 0.791. The van der Waals surface area contributed by atoms with Crippen molar-refractivity contribution in [3.63, 3.8) is 0 Å². The summed E-state index contributed by atoms with van der Waals surface area (Å²) >= 11 is 0. The smallest absolute Gasteiger partial charge is 0.00433 e. The fourth-order valence-electron chi connectivity index (χ4n) is 1.27. The van der Waals surface area contributed by atoms with E-state index in [0.29, 0.717) is 0 Å². The normalized spacial score (nSPS) is 21.6. The summed E-state index contributed by atoms with van der Waals surface area (Å²) in [7, 11) is 0. The Bertz CT molecular complexity index is 121. The Hall–Kier alpha value is -0.560. The van der Waals surface area contributed by atoms with Gasteiger partial charge in [-0.3, -0.25) is 0 Å². The van der Waals surface area contributed by atoms with Crippen molar-refractivity contribution < 1.29 is 0 Å². The maximum Gasteiger partial charge on any atom is -0.00433 e. The third-order valence-electron chi connectivity index (χ3n) is 1.90. The largest absolute Gasteiger partial charge is 0.317 e. The standard InChI is InChI=1S/C9H15N/c1-2-3-4-9-5-7-10-8-6-9/h2-4,9-10H,1,5-8H2. The lowest BCUT2D eigenvalue weighted by atomic mass is 9.98. The Morgan fingerprint density at radius 1 is 1.30 bits per heavy atom. The highest BCUT2D eigenvalue weighted by atomic mass is 14.9. The van der Waals surface area contributed by atoms with E-state index >= 15 is 0 Å². The van der Waals surface area contributed by atoms with E-state index in [2.05, 4.69) is 24.0 Å². The van der Waals surface area contributed by atoms with E-state index in [9.17, 15) is 0 Å². The number of hydrogen-bond donors (Lipinski definition) is 1. The van der Waals surface area contributed by atoms with Gasteiger partial charge in [0.1, 0.15) is 0 Å². The average Bonchev–Trinajstić information content (AvgIpc) is 2.03. The van der Waals surface area contributed by atoms with Crippen LogP contribution < -0.4 is 5.32 Å². The molecular weight excluding hydrogens is 122 g/mol. The Morgan fingerprint density at radius 3 is 2.60 bits per heavy atom. The van der Waals surface area contributed by atoms with Gasteiger partial charge >= 0.3 is 0 Å². The van der Waals surface area contributed by atoms with Crippen molar-refractivity contribution in [3.05, 3.63) is 24.8 Å². The van der Waals surface area contributed by atoms with Crippen molar-refractivity contribution in [2.45, 2.75) is 12.8 Å². The summed E-state index contributed by atoms with van der Waals surface area (Å²) < 4.78 is 0. The van der Waals surface area contributed by atoms with Crippen molar-refractivity contribution in [2.75, 3.05) is 13.1 Å². The van der Waals surface area contributed by atoms with E-state index < -0.39 is 0 Å². The first kappa shape index (κ1) is 7.55. The predicted molar refractivity (Wildman–Crippen MR) is 44.9 cm³/mol. The number of rotatable bonds is 2. The number of piperidine rings is 1. The molecule has 0 aromatic heterocycles. The van der Waals surface area contributed by atoms with Gasteiger partial charge in [0.2, 0.25) is 0 Å². The Balaban J connectivity index is 2.25. The maximum absolute atomic E-state index is 3.64. The quantitative estimate of drug-likeness (QED) is 0.571. The fourth-order valence-corrected chi connectivity index (χ4v) is 1.27. The molecule has 10 heavy (non-hydrogen) atoms. The zero-order valence-corrected chi connectivity index (χ0v) is 6.34. The second-order valence-electron chi connectivity index (χ2n) is 2.71. The highest BCUT2D eigenvalue weighted by molar-refractivity contribution is 5.00. The summed E-state index contributed by atoms with van der Waals surface area (Å²) in [6.45, 7) is 5.99. The molecule has 0 aromatic carbocycles. The summed E-state index contributed by atoms with van der Waals surface area (Å²) in [6.07, 6.45) is 8.72. The highest BCUT2D eigenvalue weighted by Crippen LogP contribution is 2.12. The maximum atomic E-state index is 3.64. The van der Waals surface area contributed by atoms with Crippen LogP contribution in [0.2, 0.25) is 0 Å². The van der Waals surface area contributed by atoms with Crippen LogP contribution in [-0.4, -0.2) is 13.1 Å². The van der Waals surface area contributed by atoms with Gasteiger partial charge in [-0.2, -0.15) is 0 Å². The molecule has 0 amide bonds. The second-order valence-corrected chi connectivity index (χ2v) is 2.71. The summed E-state index contributed by atoms with van der Waals surface area (Å²) in [6, 6.07) is 0. The number of hydrogen-bond acceptors (Lipinski definition) is 1. The van der Waals surface area contributed by atoms with E-state index in [1.807, 2.05) is 6.08 Å². The van der Waals surface area contributed by atoms with E-state index in [-0.39, 0.29) is 0 Å². The molecule has 0 spiro atoms. The zero-order chi connectivity index (χ0) is 7.23. The van der Waals surface area contributed by atoms with Gasteiger partial charge in [-0.15, -0.1) is 0 Å². The SMILES string of the molecule is C=CC=CC1CCNCC1. The average molecular weight is 137 g/mol. The second kappa shape index (κ2) is 4.29. The van der Waals surface area contributed by atoms with Crippen molar-refractivity contribution >= 4 is 0 Å². The molecular formula is C9H15N. The van der Waals surface area contributed by atoms with Crippen molar-refractivity contribution in [2.24, 2.45) is 5.92 Å². The first-order chi connectivity index (χ1) is 4.93. The first-order valence-electron chi connectivity index (χ1n) is 3.93. The van der Waals surface area contributed by atoms with Gasteiger partial charge in [0.05, 0.1) is 0 Å². The molecule has 1 N–H and O–H groups in total. The third-order valence-corrected chi connectivity index (χ3v) is 1.90. The van der Waals surface area contributed by atoms with Gasteiger partial charge in [-0.25, -0.2) is 0 Å². The minimum Gasteiger partial charge on any atom is -0.317 e. The van der Waals surface area contributed by atoms with Gasteiger partial charge in [0, 0.05) is 0 Å². The van der Waals surface area contributed by atoms with Gasteiger partial charge in [-0.1, -0.05) is 24.8 Å². The van der Waals surface area contributed by atoms with Crippen LogP contribution in [0.15, 0.2) is 24.8 Å². The lowest BCUT2D eigenvalue weighted by Crippen LogP contribution is -2.26. The molecule has 0 saturated carbocycles. The highest BCUT2D eigenvalue weighted by Gasteiger charge is 2.07. The minimum absolute atomic E-state index is 0.791. The van der Waals surface area contributed by atoms with Gasteiger partial charge in [0.15, 0.2) is 0 Å². The Kier molecular flexibility index (Phi) is 3.23. The Morgan fingerprint density at radius 2 is 2.00 bits per heavy atom. The lowest BCUT2D eigenvalue weighted by molar-refractivity contribution is 0.436. The van der Waals surface area contributed by atoms with Crippen LogP contribution in [0.4, 0.5) is 0 Å². The number of nitrogens with one attached hydrogen (secondary N) is 1. The van der Waals surface area contributed by atoms with E-state index in [4.69, 9.17) is 0 Å². The van der Waals surface area contributed by atoms with Crippen molar-refractivity contribution in [3.8, 4) is 0 Å². The van der Waals surface area contributed by atoms with Crippen LogP contribution in [-0.2, 0) is 0 Å². The van der Waals surface area contributed by atoms with Gasteiger partial charge < -0.3 is 5.32 Å². The van der Waals surface area contributed by atoms with E-state index in [0.717, 1.165) is 5.92 Å².